The minimum atomic E-state index is 0. The van der Waals surface area contributed by atoms with Crippen molar-refractivity contribution in [3.05, 3.63) is 30.1 Å². The first-order valence-corrected chi connectivity index (χ1v) is 3.83. The summed E-state index contributed by atoms with van der Waals surface area (Å²) in [4.78, 5) is 15.3. The summed E-state index contributed by atoms with van der Waals surface area (Å²) in [5.41, 5.74) is 0.620. The number of hydrogen-bond acceptors (Lipinski definition) is 2. The van der Waals surface area contributed by atoms with Crippen LogP contribution in [0.1, 0.15) is 23.3 Å². The SMILES string of the molecule is Cl.O=C(c1ccccn1)C1CC1. The van der Waals surface area contributed by atoms with Gasteiger partial charge in [-0.05, 0) is 25.0 Å². The van der Waals surface area contributed by atoms with E-state index in [1.165, 1.54) is 0 Å². The fourth-order valence-electron chi connectivity index (χ4n) is 1.06. The van der Waals surface area contributed by atoms with Crippen molar-refractivity contribution in [1.29, 1.82) is 0 Å². The molecule has 0 spiro atoms. The molecule has 0 N–H and O–H groups in total. The first-order valence-electron chi connectivity index (χ1n) is 3.83. The summed E-state index contributed by atoms with van der Waals surface area (Å²) >= 11 is 0. The van der Waals surface area contributed by atoms with Crippen LogP contribution in [0.25, 0.3) is 0 Å². The minimum Gasteiger partial charge on any atom is -0.292 e. The number of pyridine rings is 1. The van der Waals surface area contributed by atoms with Crippen molar-refractivity contribution in [3.8, 4) is 0 Å². The van der Waals surface area contributed by atoms with Gasteiger partial charge in [-0.1, -0.05) is 6.07 Å². The highest BCUT2D eigenvalue weighted by molar-refractivity contribution is 5.97. The van der Waals surface area contributed by atoms with E-state index in [4.69, 9.17) is 0 Å². The zero-order valence-corrected chi connectivity index (χ0v) is 7.38. The number of Topliss-reactive ketones (excluding diaryl/α,β-unsaturated/α-hetero) is 1. The van der Waals surface area contributed by atoms with Crippen LogP contribution in [0.2, 0.25) is 0 Å². The second-order valence-corrected chi connectivity index (χ2v) is 2.85. The molecule has 64 valence electrons. The van der Waals surface area contributed by atoms with Crippen LogP contribution in [-0.4, -0.2) is 10.8 Å². The van der Waals surface area contributed by atoms with E-state index < -0.39 is 0 Å². The van der Waals surface area contributed by atoms with Gasteiger partial charge < -0.3 is 0 Å². The molecule has 1 aliphatic carbocycles. The van der Waals surface area contributed by atoms with Crippen molar-refractivity contribution in [1.82, 2.24) is 4.98 Å². The van der Waals surface area contributed by atoms with Crippen molar-refractivity contribution in [2.75, 3.05) is 0 Å². The van der Waals surface area contributed by atoms with Crippen LogP contribution in [0.15, 0.2) is 24.4 Å². The van der Waals surface area contributed by atoms with Gasteiger partial charge in [0.15, 0.2) is 5.78 Å². The Bertz CT molecular complexity index is 269. The lowest BCUT2D eigenvalue weighted by molar-refractivity contribution is 0.0963. The predicted molar refractivity (Wildman–Crippen MR) is 48.5 cm³/mol. The van der Waals surface area contributed by atoms with E-state index >= 15 is 0 Å². The zero-order chi connectivity index (χ0) is 7.68. The van der Waals surface area contributed by atoms with Crippen LogP contribution >= 0.6 is 12.4 Å². The van der Waals surface area contributed by atoms with Crippen LogP contribution in [-0.2, 0) is 0 Å². The highest BCUT2D eigenvalue weighted by atomic mass is 35.5. The first-order chi connectivity index (χ1) is 5.38. The highest BCUT2D eigenvalue weighted by Gasteiger charge is 2.30. The van der Waals surface area contributed by atoms with Gasteiger partial charge in [-0.15, -0.1) is 12.4 Å². The topological polar surface area (TPSA) is 30.0 Å². The minimum absolute atomic E-state index is 0. The third-order valence-corrected chi connectivity index (χ3v) is 1.87. The molecule has 1 aliphatic rings. The van der Waals surface area contributed by atoms with Gasteiger partial charge in [0.05, 0.1) is 0 Å². The van der Waals surface area contributed by atoms with E-state index in [0.29, 0.717) is 5.69 Å². The Morgan fingerprint density at radius 1 is 1.42 bits per heavy atom. The Kier molecular flexibility index (Phi) is 2.82. The third-order valence-electron chi connectivity index (χ3n) is 1.87. The Labute approximate surface area is 77.4 Å². The molecule has 0 atom stereocenters. The molecule has 1 aromatic heterocycles. The second kappa shape index (κ2) is 3.68. The average molecular weight is 184 g/mol. The zero-order valence-electron chi connectivity index (χ0n) is 6.56. The summed E-state index contributed by atoms with van der Waals surface area (Å²) in [7, 11) is 0. The molecule has 0 aromatic carbocycles. The smallest absolute Gasteiger partial charge is 0.184 e. The highest BCUT2D eigenvalue weighted by Crippen LogP contribution is 2.31. The number of ketones is 1. The molecule has 0 radical (unpaired) electrons. The van der Waals surface area contributed by atoms with Crippen molar-refractivity contribution in [3.63, 3.8) is 0 Å². The molecular formula is C9H10ClNO. The molecule has 0 aliphatic heterocycles. The Hall–Kier alpha value is -0.890. The number of carbonyl (C=O) groups is 1. The lowest BCUT2D eigenvalue weighted by atomic mass is 10.2. The number of aromatic nitrogens is 1. The summed E-state index contributed by atoms with van der Waals surface area (Å²) in [5, 5.41) is 0. The van der Waals surface area contributed by atoms with Gasteiger partial charge in [0.2, 0.25) is 0 Å². The second-order valence-electron chi connectivity index (χ2n) is 2.85. The molecule has 1 saturated carbocycles. The van der Waals surface area contributed by atoms with E-state index in [9.17, 15) is 4.79 Å². The molecule has 2 nitrogen and oxygen atoms in total. The number of rotatable bonds is 2. The van der Waals surface area contributed by atoms with Crippen molar-refractivity contribution < 1.29 is 4.79 Å². The van der Waals surface area contributed by atoms with Crippen LogP contribution in [0.4, 0.5) is 0 Å². The maximum absolute atomic E-state index is 11.3. The molecular weight excluding hydrogens is 174 g/mol. The Morgan fingerprint density at radius 2 is 2.17 bits per heavy atom. The third kappa shape index (κ3) is 1.83. The molecule has 0 unspecified atom stereocenters. The maximum atomic E-state index is 11.3. The largest absolute Gasteiger partial charge is 0.292 e. The average Bonchev–Trinajstić information content (AvgIpc) is 2.87. The molecule has 2 rings (SSSR count). The first kappa shape index (κ1) is 9.20. The molecule has 3 heteroatoms. The standard InChI is InChI=1S/C9H9NO.ClH/c11-9(7-4-5-7)8-3-1-2-6-10-8;/h1-3,6-7H,4-5H2;1H. The maximum Gasteiger partial charge on any atom is 0.184 e. The number of carbonyl (C=O) groups excluding carboxylic acids is 1. The molecule has 1 fully saturated rings. The van der Waals surface area contributed by atoms with E-state index in [1.54, 1.807) is 12.3 Å². The molecule has 12 heavy (non-hydrogen) atoms. The van der Waals surface area contributed by atoms with Gasteiger partial charge in [0.1, 0.15) is 5.69 Å². The summed E-state index contributed by atoms with van der Waals surface area (Å²) in [5.74, 6) is 0.496. The molecule has 0 amide bonds. The van der Waals surface area contributed by atoms with Crippen LogP contribution < -0.4 is 0 Å². The summed E-state index contributed by atoms with van der Waals surface area (Å²) in [6.07, 6.45) is 3.76. The monoisotopic (exact) mass is 183 g/mol. The summed E-state index contributed by atoms with van der Waals surface area (Å²) in [6.45, 7) is 0. The Balaban J connectivity index is 0.000000720. The van der Waals surface area contributed by atoms with Gasteiger partial charge in [0, 0.05) is 12.1 Å². The normalized spacial score (nSPS) is 15.0. The molecule has 1 heterocycles. The van der Waals surface area contributed by atoms with E-state index in [0.717, 1.165) is 12.8 Å². The lowest BCUT2D eigenvalue weighted by Crippen LogP contribution is -2.02. The summed E-state index contributed by atoms with van der Waals surface area (Å²) < 4.78 is 0. The molecule has 1 aromatic rings. The van der Waals surface area contributed by atoms with Gasteiger partial charge >= 0.3 is 0 Å². The van der Waals surface area contributed by atoms with Crippen LogP contribution in [0.5, 0.6) is 0 Å². The van der Waals surface area contributed by atoms with Crippen molar-refractivity contribution in [2.24, 2.45) is 5.92 Å². The van der Waals surface area contributed by atoms with E-state index in [1.807, 2.05) is 12.1 Å². The fourth-order valence-corrected chi connectivity index (χ4v) is 1.06. The van der Waals surface area contributed by atoms with Crippen molar-refractivity contribution >= 4 is 18.2 Å². The quantitative estimate of drug-likeness (QED) is 0.658. The molecule has 0 saturated heterocycles. The fraction of sp³-hybridized carbons (Fsp3) is 0.333. The number of halogens is 1. The van der Waals surface area contributed by atoms with Crippen molar-refractivity contribution in [2.45, 2.75) is 12.8 Å². The number of hydrogen-bond donors (Lipinski definition) is 0. The number of nitrogens with zero attached hydrogens (tertiary/aromatic N) is 1. The van der Waals surface area contributed by atoms with Crippen LogP contribution in [0, 0.1) is 5.92 Å². The molecule has 0 bridgehead atoms. The predicted octanol–water partition coefficient (Wildman–Crippen LogP) is 2.10. The van der Waals surface area contributed by atoms with E-state index in [2.05, 4.69) is 4.98 Å². The summed E-state index contributed by atoms with van der Waals surface area (Å²) in [6, 6.07) is 5.45. The Morgan fingerprint density at radius 3 is 2.67 bits per heavy atom. The van der Waals surface area contributed by atoms with Gasteiger partial charge in [-0.3, -0.25) is 9.78 Å². The van der Waals surface area contributed by atoms with E-state index in [-0.39, 0.29) is 24.1 Å². The van der Waals surface area contributed by atoms with Gasteiger partial charge in [0.25, 0.3) is 0 Å². The van der Waals surface area contributed by atoms with Gasteiger partial charge in [-0.25, -0.2) is 0 Å². The van der Waals surface area contributed by atoms with Crippen LogP contribution in [0.3, 0.4) is 0 Å². The lowest BCUT2D eigenvalue weighted by Gasteiger charge is -1.94. The van der Waals surface area contributed by atoms with Gasteiger partial charge in [-0.2, -0.15) is 0 Å².